The van der Waals surface area contributed by atoms with Gasteiger partial charge in [-0.05, 0) is 44.7 Å². The van der Waals surface area contributed by atoms with Gasteiger partial charge in [-0.3, -0.25) is 4.79 Å². The first-order valence-electron chi connectivity index (χ1n) is 11.8. The highest BCUT2D eigenvalue weighted by Crippen LogP contribution is 2.41. The Morgan fingerprint density at radius 2 is 1.94 bits per heavy atom. The first kappa shape index (κ1) is 23.5. The van der Waals surface area contributed by atoms with Gasteiger partial charge < -0.3 is 10.1 Å². The molecule has 5 rings (SSSR count). The lowest BCUT2D eigenvalue weighted by Gasteiger charge is -2.15. The molecule has 2 fully saturated rings. The molecule has 3 heterocycles. The number of carbonyl (C=O) groups excluding carboxylic acids is 2. The fourth-order valence-electron chi connectivity index (χ4n) is 4.51. The second-order valence-electron chi connectivity index (χ2n) is 9.41. The van der Waals surface area contributed by atoms with E-state index in [-0.39, 0.29) is 23.5 Å². The molecule has 2 aromatic heterocycles. The lowest BCUT2D eigenvalue weighted by atomic mass is 10.1. The van der Waals surface area contributed by atoms with Gasteiger partial charge in [-0.1, -0.05) is 30.3 Å². The number of hydrogen-bond donors (Lipinski definition) is 1. The van der Waals surface area contributed by atoms with Crippen LogP contribution < -0.4 is 5.32 Å². The molecule has 0 unspecified atom stereocenters. The maximum absolute atomic E-state index is 13.3. The number of fused-ring (bicyclic) bond motifs is 1. The summed E-state index contributed by atoms with van der Waals surface area (Å²) in [5.74, 6) is -0.627. The summed E-state index contributed by atoms with van der Waals surface area (Å²) in [4.78, 5) is 30.6. The van der Waals surface area contributed by atoms with Gasteiger partial charge in [0.15, 0.2) is 21.6 Å². The number of sulfone groups is 1. The molecule has 1 aromatic carbocycles. The zero-order valence-corrected chi connectivity index (χ0v) is 20.5. The van der Waals surface area contributed by atoms with Gasteiger partial charge in [0.05, 0.1) is 34.2 Å². The number of carbonyl (C=O) groups is 2. The van der Waals surface area contributed by atoms with E-state index in [4.69, 9.17) is 9.72 Å². The van der Waals surface area contributed by atoms with E-state index in [1.54, 1.807) is 17.7 Å². The number of aromatic nitrogens is 3. The Kier molecular flexibility index (Phi) is 6.08. The Hall–Kier alpha value is -3.27. The van der Waals surface area contributed by atoms with Crippen LogP contribution in [0.5, 0.6) is 0 Å². The molecule has 1 amide bonds. The van der Waals surface area contributed by atoms with Crippen molar-refractivity contribution in [1.82, 2.24) is 20.1 Å². The van der Waals surface area contributed by atoms with Crippen molar-refractivity contribution in [2.45, 2.75) is 57.7 Å². The van der Waals surface area contributed by atoms with Gasteiger partial charge in [0, 0.05) is 18.2 Å². The Bertz CT molecular complexity index is 1400. The number of esters is 1. The predicted molar refractivity (Wildman–Crippen MR) is 130 cm³/mol. The molecule has 0 radical (unpaired) electrons. The highest BCUT2D eigenvalue weighted by Gasteiger charge is 2.34. The van der Waals surface area contributed by atoms with Crippen LogP contribution in [0.3, 0.4) is 0 Å². The topological polar surface area (TPSA) is 120 Å². The second kappa shape index (κ2) is 9.07. The molecule has 9 nitrogen and oxygen atoms in total. The summed E-state index contributed by atoms with van der Waals surface area (Å²) in [6.45, 7) is 3.65. The molecule has 10 heteroatoms. The third-order valence-corrected chi connectivity index (χ3v) is 8.34. The smallest absolute Gasteiger partial charge is 0.339 e. The number of pyridine rings is 1. The number of aryl methyl sites for hydroxylation is 1. The van der Waals surface area contributed by atoms with Gasteiger partial charge in [0.1, 0.15) is 0 Å². The molecule has 1 aliphatic carbocycles. The average Bonchev–Trinajstić information content (AvgIpc) is 3.55. The van der Waals surface area contributed by atoms with E-state index in [1.807, 2.05) is 30.3 Å². The molecule has 2 aliphatic rings. The van der Waals surface area contributed by atoms with Crippen molar-refractivity contribution in [3.8, 4) is 0 Å². The zero-order chi connectivity index (χ0) is 24.7. The number of rotatable bonds is 7. The molecule has 184 valence electrons. The Morgan fingerprint density at radius 3 is 2.60 bits per heavy atom. The highest BCUT2D eigenvalue weighted by atomic mass is 32.2. The summed E-state index contributed by atoms with van der Waals surface area (Å²) >= 11 is 0. The monoisotopic (exact) mass is 496 g/mol. The summed E-state index contributed by atoms with van der Waals surface area (Å²) in [7, 11) is -3.12. The number of nitrogens with one attached hydrogen (secondary N) is 1. The molecule has 3 aromatic rings. The van der Waals surface area contributed by atoms with Gasteiger partial charge in [0.25, 0.3) is 5.91 Å². The second-order valence-corrected chi connectivity index (χ2v) is 11.6. The molecule has 1 aliphatic heterocycles. The fourth-order valence-corrected chi connectivity index (χ4v) is 6.20. The van der Waals surface area contributed by atoms with Crippen molar-refractivity contribution in [1.29, 1.82) is 0 Å². The van der Waals surface area contributed by atoms with Crippen LogP contribution in [-0.2, 0) is 25.9 Å². The third-order valence-electron chi connectivity index (χ3n) is 6.59. The molecule has 2 atom stereocenters. The Labute approximate surface area is 203 Å². The summed E-state index contributed by atoms with van der Waals surface area (Å²) < 4.78 is 31.4. The molecule has 1 saturated carbocycles. The molecule has 0 bridgehead atoms. The lowest BCUT2D eigenvalue weighted by Crippen LogP contribution is -2.35. The van der Waals surface area contributed by atoms with E-state index in [1.165, 1.54) is 6.92 Å². The maximum atomic E-state index is 13.3. The molecule has 1 saturated heterocycles. The quantitative estimate of drug-likeness (QED) is 0.499. The number of hydrogen-bond acceptors (Lipinski definition) is 7. The Morgan fingerprint density at radius 1 is 1.20 bits per heavy atom. The van der Waals surface area contributed by atoms with E-state index in [9.17, 15) is 18.0 Å². The number of ether oxygens (including phenoxy) is 1. The van der Waals surface area contributed by atoms with Crippen LogP contribution >= 0.6 is 0 Å². The SMILES string of the molecule is Cc1nn([C@@H]2CCS(=O)(=O)C2)c2nc(C3CC3)cc(C(=O)O[C@@H](C)C(=O)NCc3ccccc3)c12. The Balaban J connectivity index is 1.41. The third kappa shape index (κ3) is 4.93. The summed E-state index contributed by atoms with van der Waals surface area (Å²) in [6.07, 6.45) is 1.44. The van der Waals surface area contributed by atoms with Crippen molar-refractivity contribution in [3.63, 3.8) is 0 Å². The average molecular weight is 497 g/mol. The minimum Gasteiger partial charge on any atom is -0.449 e. The van der Waals surface area contributed by atoms with Crippen molar-refractivity contribution in [3.05, 3.63) is 58.9 Å². The van der Waals surface area contributed by atoms with Crippen LogP contribution in [0.25, 0.3) is 11.0 Å². The van der Waals surface area contributed by atoms with Gasteiger partial charge in [0.2, 0.25) is 0 Å². The molecule has 1 N–H and O–H groups in total. The minimum absolute atomic E-state index is 0.0109. The van der Waals surface area contributed by atoms with Gasteiger partial charge in [-0.2, -0.15) is 5.10 Å². The van der Waals surface area contributed by atoms with Crippen molar-refractivity contribution in [2.24, 2.45) is 0 Å². The zero-order valence-electron chi connectivity index (χ0n) is 19.7. The van der Waals surface area contributed by atoms with Gasteiger partial charge >= 0.3 is 5.97 Å². The van der Waals surface area contributed by atoms with Crippen LogP contribution in [0.1, 0.15) is 65.5 Å². The first-order valence-corrected chi connectivity index (χ1v) is 13.7. The number of nitrogens with zero attached hydrogens (tertiary/aromatic N) is 3. The number of benzene rings is 1. The normalized spacial score (nSPS) is 20.0. The standard InChI is InChI=1S/C25H28N4O5S/c1-15-22-20(25(31)34-16(2)24(30)26-13-17-6-4-3-5-7-17)12-21(18-8-9-18)27-23(22)29(28-15)19-10-11-35(32,33)14-19/h3-7,12,16,18-19H,8-11,13-14H2,1-2H3,(H,26,30)/t16-,19+/m0/s1. The predicted octanol–water partition coefficient (Wildman–Crippen LogP) is 2.84. The maximum Gasteiger partial charge on any atom is 0.339 e. The van der Waals surface area contributed by atoms with E-state index in [0.29, 0.717) is 35.3 Å². The van der Waals surface area contributed by atoms with E-state index >= 15 is 0 Å². The lowest BCUT2D eigenvalue weighted by molar-refractivity contribution is -0.129. The molecular formula is C25H28N4O5S. The van der Waals surface area contributed by atoms with E-state index < -0.39 is 27.8 Å². The molecule has 0 spiro atoms. The summed E-state index contributed by atoms with van der Waals surface area (Å²) in [5.41, 5.74) is 3.10. The van der Waals surface area contributed by atoms with E-state index in [0.717, 1.165) is 24.1 Å². The van der Waals surface area contributed by atoms with Crippen LogP contribution in [0.4, 0.5) is 0 Å². The van der Waals surface area contributed by atoms with Gasteiger partial charge in [-0.15, -0.1) is 0 Å². The minimum atomic E-state index is -3.12. The largest absolute Gasteiger partial charge is 0.449 e. The first-order chi connectivity index (χ1) is 16.7. The van der Waals surface area contributed by atoms with Crippen molar-refractivity contribution >= 4 is 32.7 Å². The highest BCUT2D eigenvalue weighted by molar-refractivity contribution is 7.91. The van der Waals surface area contributed by atoms with Crippen LogP contribution in [0.15, 0.2) is 36.4 Å². The van der Waals surface area contributed by atoms with Crippen LogP contribution in [0.2, 0.25) is 0 Å². The summed E-state index contributed by atoms with van der Waals surface area (Å²) in [5, 5.41) is 7.91. The van der Waals surface area contributed by atoms with E-state index in [2.05, 4.69) is 10.4 Å². The fraction of sp³-hybridized carbons (Fsp3) is 0.440. The van der Waals surface area contributed by atoms with Crippen molar-refractivity contribution in [2.75, 3.05) is 11.5 Å². The van der Waals surface area contributed by atoms with Gasteiger partial charge in [-0.25, -0.2) is 22.9 Å². The van der Waals surface area contributed by atoms with Crippen LogP contribution in [0, 0.1) is 6.92 Å². The molecular weight excluding hydrogens is 468 g/mol. The van der Waals surface area contributed by atoms with Crippen molar-refractivity contribution < 1.29 is 22.7 Å². The molecule has 35 heavy (non-hydrogen) atoms. The number of amides is 1. The van der Waals surface area contributed by atoms with Crippen LogP contribution in [-0.4, -0.2) is 52.7 Å². The summed E-state index contributed by atoms with van der Waals surface area (Å²) in [6, 6.07) is 10.9.